The van der Waals surface area contributed by atoms with Gasteiger partial charge in [-0.15, -0.1) is 0 Å². The van der Waals surface area contributed by atoms with E-state index < -0.39 is 0 Å². The lowest BCUT2D eigenvalue weighted by Gasteiger charge is -2.22. The van der Waals surface area contributed by atoms with Crippen LogP contribution in [0.25, 0.3) is 23.1 Å². The van der Waals surface area contributed by atoms with Crippen LogP contribution < -0.4 is 4.90 Å². The Hall–Kier alpha value is -3.05. The molecule has 1 aliphatic rings. The largest absolute Gasteiger partial charge is 0.457 e. The van der Waals surface area contributed by atoms with Crippen LogP contribution in [0, 0.1) is 0 Å². The minimum atomic E-state index is -0.131. The number of nitrogens with zero attached hydrogens (tertiary/aromatic N) is 1. The van der Waals surface area contributed by atoms with E-state index in [1.165, 1.54) is 0 Å². The summed E-state index contributed by atoms with van der Waals surface area (Å²) >= 11 is 15.7. The maximum Gasteiger partial charge on any atom is 0.263 e. The van der Waals surface area contributed by atoms with E-state index in [-0.39, 0.29) is 5.91 Å². The molecule has 0 N–H and O–H groups in total. The van der Waals surface area contributed by atoms with E-state index in [2.05, 4.69) is 15.9 Å². The third kappa shape index (κ3) is 4.30. The van der Waals surface area contributed by atoms with E-state index in [0.29, 0.717) is 27.1 Å². The van der Waals surface area contributed by atoms with Crippen LogP contribution >= 0.6 is 39.1 Å². The number of hydrogen-bond donors (Lipinski definition) is 0. The molecule has 4 aromatic rings. The number of rotatable bonds is 4. The zero-order valence-corrected chi connectivity index (χ0v) is 20.2. The van der Waals surface area contributed by atoms with E-state index in [4.69, 9.17) is 27.6 Å². The second-order valence-corrected chi connectivity index (χ2v) is 9.09. The summed E-state index contributed by atoms with van der Waals surface area (Å²) in [6, 6.07) is 26.5. The Labute approximate surface area is 209 Å². The van der Waals surface area contributed by atoms with Crippen LogP contribution in [0.4, 0.5) is 5.69 Å². The highest BCUT2D eigenvalue weighted by molar-refractivity contribution is 9.10. The van der Waals surface area contributed by atoms with Gasteiger partial charge in [-0.2, -0.15) is 0 Å². The number of anilines is 1. The molecule has 6 heteroatoms. The van der Waals surface area contributed by atoms with Crippen LogP contribution in [0.3, 0.4) is 0 Å². The first-order chi connectivity index (χ1) is 16.0. The highest BCUT2D eigenvalue weighted by Crippen LogP contribution is 2.39. The van der Waals surface area contributed by atoms with Crippen molar-refractivity contribution in [3.05, 3.63) is 122 Å². The van der Waals surface area contributed by atoms with Crippen molar-refractivity contribution in [1.82, 2.24) is 0 Å². The van der Waals surface area contributed by atoms with Crippen molar-refractivity contribution in [3.63, 3.8) is 0 Å². The number of carbonyl (C=O) groups excluding carboxylic acids is 1. The lowest BCUT2D eigenvalue weighted by molar-refractivity contribution is -0.113. The van der Waals surface area contributed by atoms with Gasteiger partial charge in [-0.1, -0.05) is 65.7 Å². The molecule has 0 fully saturated rings. The summed E-state index contributed by atoms with van der Waals surface area (Å²) < 4.78 is 6.83. The lowest BCUT2D eigenvalue weighted by Crippen LogP contribution is -2.25. The molecule has 162 valence electrons. The fourth-order valence-electron chi connectivity index (χ4n) is 3.70. The molecule has 2 heterocycles. The first-order valence-corrected chi connectivity index (χ1v) is 11.7. The van der Waals surface area contributed by atoms with Crippen molar-refractivity contribution in [2.75, 3.05) is 4.90 Å². The fraction of sp³-hybridized carbons (Fsp3) is 0. The molecule has 33 heavy (non-hydrogen) atoms. The Bertz CT molecular complexity index is 1420. The summed E-state index contributed by atoms with van der Waals surface area (Å²) in [6.45, 7) is 0. The highest BCUT2D eigenvalue weighted by Gasteiger charge is 2.31. The van der Waals surface area contributed by atoms with Gasteiger partial charge in [0.05, 0.1) is 21.4 Å². The van der Waals surface area contributed by atoms with Gasteiger partial charge in [0.2, 0.25) is 0 Å². The topological polar surface area (TPSA) is 33.5 Å². The minimum Gasteiger partial charge on any atom is -0.457 e. The maximum absolute atomic E-state index is 13.5. The molecule has 1 aliphatic heterocycles. The van der Waals surface area contributed by atoms with Crippen LogP contribution in [0.2, 0.25) is 10.0 Å². The predicted octanol–water partition coefficient (Wildman–Crippen LogP) is 8.49. The average Bonchev–Trinajstić information content (AvgIpc) is 3.42. The summed E-state index contributed by atoms with van der Waals surface area (Å²) in [7, 11) is 0. The number of benzene rings is 3. The van der Waals surface area contributed by atoms with Crippen LogP contribution in [0.1, 0.15) is 11.3 Å². The van der Waals surface area contributed by atoms with E-state index in [1.54, 1.807) is 23.1 Å². The summed E-state index contributed by atoms with van der Waals surface area (Å²) in [5, 5.41) is 0.938. The molecule has 0 bridgehead atoms. The van der Waals surface area contributed by atoms with Gasteiger partial charge in [0.25, 0.3) is 5.91 Å². The summed E-state index contributed by atoms with van der Waals surface area (Å²) in [6.07, 6.45) is 3.64. The van der Waals surface area contributed by atoms with Crippen LogP contribution in [-0.2, 0) is 4.79 Å². The van der Waals surface area contributed by atoms with Crippen LogP contribution in [0.5, 0.6) is 0 Å². The van der Waals surface area contributed by atoms with Gasteiger partial charge in [-0.25, -0.2) is 0 Å². The molecule has 0 unspecified atom stereocenters. The van der Waals surface area contributed by atoms with Crippen LogP contribution in [0.15, 0.2) is 105 Å². The normalized spacial score (nSPS) is 14.8. The summed E-state index contributed by atoms with van der Waals surface area (Å²) in [5.74, 6) is 1.08. The van der Waals surface area contributed by atoms with E-state index in [1.807, 2.05) is 78.9 Å². The minimum absolute atomic E-state index is 0.131. The number of carbonyl (C=O) groups is 1. The first-order valence-electron chi connectivity index (χ1n) is 10.1. The summed E-state index contributed by atoms with van der Waals surface area (Å²) in [4.78, 5) is 15.2. The Morgan fingerprint density at radius 3 is 2.33 bits per heavy atom. The van der Waals surface area contributed by atoms with Crippen molar-refractivity contribution in [2.24, 2.45) is 0 Å². The van der Waals surface area contributed by atoms with Gasteiger partial charge in [0.15, 0.2) is 0 Å². The lowest BCUT2D eigenvalue weighted by atomic mass is 10.1. The molecule has 5 rings (SSSR count). The smallest absolute Gasteiger partial charge is 0.263 e. The van der Waals surface area contributed by atoms with E-state index in [0.717, 1.165) is 27.0 Å². The SMILES string of the molecule is O=C1C(=Cc2ccc(-c3ccc(Cl)c(Cl)c3)o2)C=C(c2ccccc2)N1c1ccccc1Br. The number of hydrogen-bond acceptors (Lipinski definition) is 2. The Balaban J connectivity index is 1.55. The molecule has 0 saturated heterocycles. The Morgan fingerprint density at radius 2 is 1.58 bits per heavy atom. The zero-order chi connectivity index (χ0) is 22.9. The number of amides is 1. The van der Waals surface area contributed by atoms with Gasteiger partial charge in [0, 0.05) is 15.6 Å². The second-order valence-electron chi connectivity index (χ2n) is 7.42. The molecular formula is C27H16BrCl2NO2. The Kier molecular flexibility index (Phi) is 5.98. The molecule has 3 aromatic carbocycles. The van der Waals surface area contributed by atoms with Gasteiger partial charge in [-0.05, 0) is 76.1 Å². The molecule has 0 spiro atoms. The maximum atomic E-state index is 13.5. The van der Waals surface area contributed by atoms with Crippen molar-refractivity contribution >= 4 is 62.5 Å². The predicted molar refractivity (Wildman–Crippen MR) is 138 cm³/mol. The quantitative estimate of drug-likeness (QED) is 0.245. The third-order valence-electron chi connectivity index (χ3n) is 5.27. The summed E-state index contributed by atoms with van der Waals surface area (Å²) in [5.41, 5.74) is 3.86. The number of halogens is 3. The standard InChI is InChI=1S/C27H16BrCl2NO2/c28-21-8-4-5-9-24(21)31-25(17-6-2-1-3-7-17)16-19(27(31)32)14-20-11-13-26(33-20)18-10-12-22(29)23(30)15-18/h1-16H. The van der Waals surface area contributed by atoms with E-state index in [9.17, 15) is 4.79 Å². The second kappa shape index (κ2) is 9.06. The Morgan fingerprint density at radius 1 is 0.818 bits per heavy atom. The van der Waals surface area contributed by atoms with Crippen molar-refractivity contribution in [1.29, 1.82) is 0 Å². The average molecular weight is 537 g/mol. The van der Waals surface area contributed by atoms with E-state index >= 15 is 0 Å². The molecule has 0 atom stereocenters. The van der Waals surface area contributed by atoms with Crippen molar-refractivity contribution < 1.29 is 9.21 Å². The van der Waals surface area contributed by atoms with Gasteiger partial charge in [0.1, 0.15) is 11.5 Å². The monoisotopic (exact) mass is 535 g/mol. The van der Waals surface area contributed by atoms with Gasteiger partial charge >= 0.3 is 0 Å². The van der Waals surface area contributed by atoms with Crippen molar-refractivity contribution in [3.8, 4) is 11.3 Å². The fourth-order valence-corrected chi connectivity index (χ4v) is 4.46. The molecule has 0 aliphatic carbocycles. The van der Waals surface area contributed by atoms with Gasteiger partial charge in [-0.3, -0.25) is 9.69 Å². The molecule has 1 amide bonds. The van der Waals surface area contributed by atoms with Crippen LogP contribution in [-0.4, -0.2) is 5.91 Å². The molecular weight excluding hydrogens is 521 g/mol. The highest BCUT2D eigenvalue weighted by atomic mass is 79.9. The first kappa shape index (κ1) is 21.8. The van der Waals surface area contributed by atoms with Crippen molar-refractivity contribution in [2.45, 2.75) is 0 Å². The zero-order valence-electron chi connectivity index (χ0n) is 17.1. The third-order valence-corrected chi connectivity index (χ3v) is 6.68. The number of furan rings is 1. The molecule has 0 radical (unpaired) electrons. The number of para-hydroxylation sites is 1. The molecule has 1 aromatic heterocycles. The van der Waals surface area contributed by atoms with Gasteiger partial charge < -0.3 is 4.42 Å². The molecule has 0 saturated carbocycles. The molecule has 3 nitrogen and oxygen atoms in total.